The van der Waals surface area contributed by atoms with Gasteiger partial charge in [-0.3, -0.25) is 4.79 Å². The minimum Gasteiger partial charge on any atom is -0.463 e. The highest BCUT2D eigenvalue weighted by Crippen LogP contribution is 2.46. The highest BCUT2D eigenvalue weighted by Gasteiger charge is 2.52. The van der Waals surface area contributed by atoms with Crippen LogP contribution in [0.3, 0.4) is 0 Å². The first-order valence-electron chi connectivity index (χ1n) is 9.10. The van der Waals surface area contributed by atoms with Crippen molar-refractivity contribution in [1.82, 2.24) is 0 Å². The van der Waals surface area contributed by atoms with Crippen LogP contribution in [-0.4, -0.2) is 30.2 Å². The quantitative estimate of drug-likeness (QED) is 0.440. The Labute approximate surface area is 165 Å². The lowest BCUT2D eigenvalue weighted by atomic mass is 9.76. The Morgan fingerprint density at radius 3 is 2.57 bits per heavy atom. The molecule has 1 atom stereocenters. The van der Waals surface area contributed by atoms with Gasteiger partial charge in [-0.15, -0.1) is 12.3 Å². The van der Waals surface area contributed by atoms with Crippen molar-refractivity contribution in [2.75, 3.05) is 11.5 Å². The molecule has 0 saturated carbocycles. The van der Waals surface area contributed by atoms with Crippen LogP contribution in [0.2, 0.25) is 0 Å². The fourth-order valence-electron chi connectivity index (χ4n) is 3.16. The highest BCUT2D eigenvalue weighted by molar-refractivity contribution is 6.21. The Balaban J connectivity index is 2.46. The molecule has 6 nitrogen and oxygen atoms in total. The van der Waals surface area contributed by atoms with E-state index in [-0.39, 0.29) is 19.4 Å². The molecule has 0 aliphatic carbocycles. The lowest BCUT2D eigenvalue weighted by molar-refractivity contribution is -0.137. The molecule has 1 aliphatic heterocycles. The maximum absolute atomic E-state index is 13.4. The number of esters is 1. The van der Waals surface area contributed by atoms with Crippen LogP contribution in [-0.2, 0) is 24.5 Å². The largest absolute Gasteiger partial charge is 0.463 e. The second kappa shape index (κ2) is 8.30. The van der Waals surface area contributed by atoms with Crippen LogP contribution in [0.4, 0.5) is 10.5 Å². The van der Waals surface area contributed by atoms with Gasteiger partial charge in [-0.25, -0.2) is 14.5 Å². The van der Waals surface area contributed by atoms with Crippen molar-refractivity contribution < 1.29 is 23.9 Å². The molecular weight excluding hydrogens is 358 g/mol. The van der Waals surface area contributed by atoms with Gasteiger partial charge in [0.05, 0.1) is 17.7 Å². The van der Waals surface area contributed by atoms with Crippen LogP contribution in [0.1, 0.15) is 46.1 Å². The normalized spacial score (nSPS) is 18.7. The molecule has 0 unspecified atom stereocenters. The van der Waals surface area contributed by atoms with Crippen molar-refractivity contribution in [2.24, 2.45) is 0 Å². The number of terminal acetylenes is 1. The number of imide groups is 1. The van der Waals surface area contributed by atoms with Crippen molar-refractivity contribution >= 4 is 23.7 Å². The summed E-state index contributed by atoms with van der Waals surface area (Å²) in [5, 5.41) is 0. The molecule has 2 rings (SSSR count). The summed E-state index contributed by atoms with van der Waals surface area (Å²) in [5.74, 6) is 1.58. The first-order valence-corrected chi connectivity index (χ1v) is 9.10. The monoisotopic (exact) mass is 383 g/mol. The molecule has 0 bridgehead atoms. The smallest absolute Gasteiger partial charge is 0.421 e. The highest BCUT2D eigenvalue weighted by atomic mass is 16.6. The SMILES string of the molecule is C#CC[C@@]1(C/C=C\C(=O)OCC)C(=O)N(C(=O)OC(C)(C)C)c2ccccc21. The number of hydrogen-bond donors (Lipinski definition) is 0. The van der Waals surface area contributed by atoms with Crippen LogP contribution in [0.25, 0.3) is 0 Å². The Bertz CT molecular complexity index is 843. The van der Waals surface area contributed by atoms with E-state index in [9.17, 15) is 14.4 Å². The zero-order valence-corrected chi connectivity index (χ0v) is 16.7. The number of anilines is 1. The van der Waals surface area contributed by atoms with E-state index >= 15 is 0 Å². The van der Waals surface area contributed by atoms with E-state index in [4.69, 9.17) is 15.9 Å². The Kier molecular flexibility index (Phi) is 6.30. The van der Waals surface area contributed by atoms with Crippen LogP contribution >= 0.6 is 0 Å². The predicted molar refractivity (Wildman–Crippen MR) is 106 cm³/mol. The molecule has 1 aromatic carbocycles. The van der Waals surface area contributed by atoms with Crippen LogP contribution < -0.4 is 4.90 Å². The fourth-order valence-corrected chi connectivity index (χ4v) is 3.16. The van der Waals surface area contributed by atoms with Gasteiger partial charge in [0.15, 0.2) is 0 Å². The van der Waals surface area contributed by atoms with Crippen molar-refractivity contribution in [3.63, 3.8) is 0 Å². The topological polar surface area (TPSA) is 72.9 Å². The standard InChI is InChI=1S/C22H25NO5/c1-6-14-22(15-10-13-18(24)27-7-2)16-11-8-9-12-17(16)23(19(22)25)20(26)28-21(3,4)5/h1,8-13H,7,14-15H2,2-5H3/b13-10-/t22-/m0/s1. The number of carbonyl (C=O) groups excluding carboxylic acids is 3. The van der Waals surface area contributed by atoms with Gasteiger partial charge in [0.25, 0.3) is 0 Å². The maximum atomic E-state index is 13.4. The lowest BCUT2D eigenvalue weighted by Gasteiger charge is -2.27. The predicted octanol–water partition coefficient (Wildman–Crippen LogP) is 3.74. The van der Waals surface area contributed by atoms with Crippen molar-refractivity contribution in [1.29, 1.82) is 0 Å². The second-order valence-electron chi connectivity index (χ2n) is 7.46. The second-order valence-corrected chi connectivity index (χ2v) is 7.46. The summed E-state index contributed by atoms with van der Waals surface area (Å²) in [4.78, 5) is 38.8. The van der Waals surface area contributed by atoms with E-state index in [2.05, 4.69) is 5.92 Å². The third-order valence-corrected chi connectivity index (χ3v) is 4.26. The molecule has 2 amide bonds. The van der Waals surface area contributed by atoms with Gasteiger partial charge in [-0.2, -0.15) is 0 Å². The third-order valence-electron chi connectivity index (χ3n) is 4.26. The molecule has 1 heterocycles. The summed E-state index contributed by atoms with van der Waals surface area (Å²) in [6, 6.07) is 6.98. The van der Waals surface area contributed by atoms with E-state index in [1.54, 1.807) is 58.0 Å². The summed E-state index contributed by atoms with van der Waals surface area (Å²) in [7, 11) is 0. The molecule has 0 radical (unpaired) electrons. The van der Waals surface area contributed by atoms with E-state index in [0.717, 1.165) is 4.90 Å². The number of allylic oxidation sites excluding steroid dienone is 1. The van der Waals surface area contributed by atoms with E-state index < -0.39 is 29.0 Å². The van der Waals surface area contributed by atoms with Gasteiger partial charge < -0.3 is 9.47 Å². The lowest BCUT2D eigenvalue weighted by Crippen LogP contribution is -2.45. The van der Waals surface area contributed by atoms with Gasteiger partial charge in [0.1, 0.15) is 5.60 Å². The molecule has 0 N–H and O–H groups in total. The number of rotatable bonds is 5. The molecule has 148 valence electrons. The average Bonchev–Trinajstić information content (AvgIpc) is 2.83. The van der Waals surface area contributed by atoms with Gasteiger partial charge in [-0.1, -0.05) is 24.3 Å². The number of para-hydroxylation sites is 1. The zero-order valence-electron chi connectivity index (χ0n) is 16.7. The van der Waals surface area contributed by atoms with Gasteiger partial charge in [0.2, 0.25) is 5.91 Å². The van der Waals surface area contributed by atoms with Crippen molar-refractivity contribution in [2.45, 2.75) is 51.6 Å². The minimum atomic E-state index is -1.15. The van der Waals surface area contributed by atoms with Gasteiger partial charge in [-0.05, 0) is 45.7 Å². The molecule has 28 heavy (non-hydrogen) atoms. The maximum Gasteiger partial charge on any atom is 0.421 e. The van der Waals surface area contributed by atoms with Gasteiger partial charge in [0, 0.05) is 12.5 Å². The Hall–Kier alpha value is -3.07. The first-order chi connectivity index (χ1) is 13.2. The van der Waals surface area contributed by atoms with E-state index in [1.807, 2.05) is 0 Å². The minimum absolute atomic E-state index is 0.0787. The number of benzene rings is 1. The average molecular weight is 383 g/mol. The van der Waals surface area contributed by atoms with Crippen LogP contribution in [0, 0.1) is 12.3 Å². The van der Waals surface area contributed by atoms with E-state index in [0.29, 0.717) is 11.3 Å². The first kappa shape index (κ1) is 21.2. The molecule has 0 saturated heterocycles. The van der Waals surface area contributed by atoms with E-state index in [1.165, 1.54) is 6.08 Å². The molecule has 0 fully saturated rings. The fraction of sp³-hybridized carbons (Fsp3) is 0.409. The molecule has 1 aliphatic rings. The summed E-state index contributed by atoms with van der Waals surface area (Å²) < 4.78 is 10.3. The number of nitrogens with zero attached hydrogens (tertiary/aromatic N) is 1. The summed E-state index contributed by atoms with van der Waals surface area (Å²) in [6.07, 6.45) is 7.88. The summed E-state index contributed by atoms with van der Waals surface area (Å²) >= 11 is 0. The van der Waals surface area contributed by atoms with Crippen LogP contribution in [0.5, 0.6) is 0 Å². The molecule has 6 heteroatoms. The third kappa shape index (κ3) is 4.25. The number of amides is 2. The number of fused-ring (bicyclic) bond motifs is 1. The molecule has 0 aromatic heterocycles. The number of carbonyl (C=O) groups is 3. The van der Waals surface area contributed by atoms with Crippen molar-refractivity contribution in [3.05, 3.63) is 42.0 Å². The Morgan fingerprint density at radius 2 is 1.96 bits per heavy atom. The van der Waals surface area contributed by atoms with Gasteiger partial charge >= 0.3 is 12.1 Å². The summed E-state index contributed by atoms with van der Waals surface area (Å²) in [6.45, 7) is 7.16. The zero-order chi connectivity index (χ0) is 20.9. The Morgan fingerprint density at radius 1 is 1.29 bits per heavy atom. The van der Waals surface area contributed by atoms with Crippen LogP contribution in [0.15, 0.2) is 36.4 Å². The molecule has 0 spiro atoms. The number of hydrogen-bond acceptors (Lipinski definition) is 5. The van der Waals surface area contributed by atoms with Crippen molar-refractivity contribution in [3.8, 4) is 12.3 Å². The molecule has 1 aromatic rings. The summed E-state index contributed by atoms with van der Waals surface area (Å²) in [5.41, 5.74) is -0.822. The number of ether oxygens (including phenoxy) is 2. The molecular formula is C22H25NO5.